The van der Waals surface area contributed by atoms with Crippen molar-refractivity contribution in [3.63, 3.8) is 0 Å². The third-order valence-electron chi connectivity index (χ3n) is 6.04. The quantitative estimate of drug-likeness (QED) is 0.430. The summed E-state index contributed by atoms with van der Waals surface area (Å²) >= 11 is 0. The SMILES string of the molecule is CNCc1ccc(-c2cc(-c3nc(-c4ccc5c(c4)C(F)C(C)(C)S5=O)cnc3N)on2)cc1. The predicted molar refractivity (Wildman–Crippen MR) is 130 cm³/mol. The summed E-state index contributed by atoms with van der Waals surface area (Å²) in [5.41, 5.74) is 10.7. The van der Waals surface area contributed by atoms with Gasteiger partial charge in [-0.15, -0.1) is 0 Å². The second-order valence-electron chi connectivity index (χ2n) is 8.78. The van der Waals surface area contributed by atoms with E-state index in [0.717, 1.165) is 17.7 Å². The summed E-state index contributed by atoms with van der Waals surface area (Å²) in [6.07, 6.45) is 0.198. The first-order valence-corrected chi connectivity index (χ1v) is 12.0. The molecule has 34 heavy (non-hydrogen) atoms. The van der Waals surface area contributed by atoms with Crippen LogP contribution in [0.15, 0.2) is 64.1 Å². The number of benzene rings is 2. The Bertz CT molecular complexity index is 1400. The van der Waals surface area contributed by atoms with Crippen LogP contribution in [-0.2, 0) is 17.3 Å². The van der Waals surface area contributed by atoms with Gasteiger partial charge in [-0.2, -0.15) is 0 Å². The van der Waals surface area contributed by atoms with Crippen LogP contribution in [0.5, 0.6) is 0 Å². The van der Waals surface area contributed by atoms with E-state index >= 15 is 4.39 Å². The Kier molecular flexibility index (Phi) is 5.53. The molecule has 2 aromatic heterocycles. The van der Waals surface area contributed by atoms with Crippen molar-refractivity contribution in [2.75, 3.05) is 12.8 Å². The summed E-state index contributed by atoms with van der Waals surface area (Å²) in [7, 11) is 0.484. The highest BCUT2D eigenvalue weighted by atomic mass is 32.2. The van der Waals surface area contributed by atoms with Crippen molar-refractivity contribution >= 4 is 16.6 Å². The minimum absolute atomic E-state index is 0.197. The Morgan fingerprint density at radius 3 is 2.59 bits per heavy atom. The van der Waals surface area contributed by atoms with Gasteiger partial charge in [0.05, 0.1) is 27.4 Å². The molecule has 0 spiro atoms. The number of rotatable bonds is 5. The standard InChI is InChI=1S/C25H24FN5O2S/c1-25(2)23(26)17-10-16(8-9-21(17)34(25)32)19-13-29-24(27)22(30-19)20-11-18(31-33-20)15-6-4-14(5-7-15)12-28-3/h4-11,13,23,28H,12H2,1-3H3,(H2,27,29). The zero-order valence-corrected chi connectivity index (χ0v) is 19.8. The second-order valence-corrected chi connectivity index (χ2v) is 10.8. The van der Waals surface area contributed by atoms with Gasteiger partial charge in [-0.05, 0) is 38.6 Å². The number of fused-ring (bicyclic) bond motifs is 1. The van der Waals surface area contributed by atoms with E-state index in [2.05, 4.69) is 20.4 Å². The number of nitrogens with two attached hydrogens (primary N) is 1. The Morgan fingerprint density at radius 2 is 1.85 bits per heavy atom. The molecule has 2 aromatic carbocycles. The zero-order valence-electron chi connectivity index (χ0n) is 19.0. The molecule has 0 aliphatic carbocycles. The van der Waals surface area contributed by atoms with E-state index in [-0.39, 0.29) is 5.82 Å². The number of hydrogen-bond donors (Lipinski definition) is 2. The molecule has 7 nitrogen and oxygen atoms in total. The van der Waals surface area contributed by atoms with Crippen molar-refractivity contribution in [2.24, 2.45) is 0 Å². The lowest BCUT2D eigenvalue weighted by Gasteiger charge is -2.18. The molecule has 0 saturated heterocycles. The lowest BCUT2D eigenvalue weighted by atomic mass is 9.98. The fraction of sp³-hybridized carbons (Fsp3) is 0.240. The lowest BCUT2D eigenvalue weighted by molar-refractivity contribution is 0.288. The molecule has 0 amide bonds. The number of anilines is 1. The minimum Gasteiger partial charge on any atom is -0.382 e. The van der Waals surface area contributed by atoms with Gasteiger partial charge in [0.25, 0.3) is 0 Å². The highest BCUT2D eigenvalue weighted by Gasteiger charge is 2.46. The normalized spacial score (nSPS) is 18.7. The first-order chi connectivity index (χ1) is 16.3. The van der Waals surface area contributed by atoms with Crippen molar-refractivity contribution in [1.29, 1.82) is 0 Å². The van der Waals surface area contributed by atoms with Gasteiger partial charge >= 0.3 is 0 Å². The third-order valence-corrected chi connectivity index (χ3v) is 7.98. The maximum absolute atomic E-state index is 15.0. The van der Waals surface area contributed by atoms with E-state index in [1.807, 2.05) is 31.3 Å². The summed E-state index contributed by atoms with van der Waals surface area (Å²) < 4.78 is 32.2. The third kappa shape index (κ3) is 3.70. The smallest absolute Gasteiger partial charge is 0.189 e. The average molecular weight is 478 g/mol. The van der Waals surface area contributed by atoms with Crippen molar-refractivity contribution in [3.8, 4) is 34.0 Å². The van der Waals surface area contributed by atoms with E-state index in [9.17, 15) is 4.21 Å². The van der Waals surface area contributed by atoms with E-state index in [4.69, 9.17) is 10.3 Å². The molecule has 0 radical (unpaired) electrons. The van der Waals surface area contributed by atoms with Crippen LogP contribution in [0.25, 0.3) is 34.0 Å². The number of nitrogens with one attached hydrogen (secondary N) is 1. The van der Waals surface area contributed by atoms with Crippen LogP contribution in [0.3, 0.4) is 0 Å². The first kappa shape index (κ1) is 22.4. The molecule has 5 rings (SSSR count). The van der Waals surface area contributed by atoms with Gasteiger partial charge in [0, 0.05) is 34.2 Å². The fourth-order valence-electron chi connectivity index (χ4n) is 4.07. The van der Waals surface area contributed by atoms with Crippen LogP contribution in [0.2, 0.25) is 0 Å². The largest absolute Gasteiger partial charge is 0.382 e. The molecule has 2 atom stereocenters. The van der Waals surface area contributed by atoms with Gasteiger partial charge in [0.15, 0.2) is 17.3 Å². The van der Waals surface area contributed by atoms with Gasteiger partial charge in [0.1, 0.15) is 11.9 Å². The van der Waals surface area contributed by atoms with Gasteiger partial charge < -0.3 is 15.6 Å². The van der Waals surface area contributed by atoms with Crippen LogP contribution in [0.4, 0.5) is 10.2 Å². The summed E-state index contributed by atoms with van der Waals surface area (Å²) in [6, 6.07) is 14.9. The van der Waals surface area contributed by atoms with Crippen molar-refractivity contribution in [2.45, 2.75) is 36.2 Å². The second kappa shape index (κ2) is 8.41. The number of aromatic nitrogens is 3. The molecule has 174 valence electrons. The number of nitrogens with zero attached hydrogens (tertiary/aromatic N) is 3. The highest BCUT2D eigenvalue weighted by Crippen LogP contribution is 2.47. The molecule has 0 fully saturated rings. The summed E-state index contributed by atoms with van der Waals surface area (Å²) in [5.74, 6) is 0.579. The van der Waals surface area contributed by atoms with Crippen molar-refractivity contribution < 1.29 is 13.1 Å². The molecule has 0 bridgehead atoms. The maximum atomic E-state index is 15.0. The molecule has 0 saturated carbocycles. The predicted octanol–water partition coefficient (Wildman–Crippen LogP) is 4.68. The number of hydrogen-bond acceptors (Lipinski definition) is 7. The van der Waals surface area contributed by atoms with Gasteiger partial charge in [-0.25, -0.2) is 14.4 Å². The first-order valence-electron chi connectivity index (χ1n) is 10.8. The van der Waals surface area contributed by atoms with E-state index < -0.39 is 21.7 Å². The monoisotopic (exact) mass is 477 g/mol. The number of nitrogen functional groups attached to an aromatic ring is 1. The van der Waals surface area contributed by atoms with Crippen LogP contribution in [-0.4, -0.2) is 31.1 Å². The van der Waals surface area contributed by atoms with Crippen LogP contribution < -0.4 is 11.1 Å². The Labute approximate surface area is 199 Å². The molecule has 3 heterocycles. The van der Waals surface area contributed by atoms with Crippen LogP contribution in [0.1, 0.15) is 31.1 Å². The Morgan fingerprint density at radius 1 is 1.12 bits per heavy atom. The molecule has 1 aliphatic heterocycles. The molecule has 9 heteroatoms. The van der Waals surface area contributed by atoms with E-state index in [1.165, 1.54) is 6.20 Å². The summed E-state index contributed by atoms with van der Waals surface area (Å²) in [5, 5.41) is 7.28. The van der Waals surface area contributed by atoms with Crippen molar-refractivity contribution in [1.82, 2.24) is 20.4 Å². The van der Waals surface area contributed by atoms with E-state index in [1.54, 1.807) is 38.1 Å². The summed E-state index contributed by atoms with van der Waals surface area (Å²) in [6.45, 7) is 4.12. The van der Waals surface area contributed by atoms with Crippen molar-refractivity contribution in [3.05, 3.63) is 65.9 Å². The van der Waals surface area contributed by atoms with Crippen LogP contribution in [0, 0.1) is 0 Å². The maximum Gasteiger partial charge on any atom is 0.189 e. The van der Waals surface area contributed by atoms with Gasteiger partial charge in [0.2, 0.25) is 0 Å². The summed E-state index contributed by atoms with van der Waals surface area (Å²) in [4.78, 5) is 9.42. The lowest BCUT2D eigenvalue weighted by Crippen LogP contribution is -2.25. The Balaban J connectivity index is 1.48. The average Bonchev–Trinajstić information content (AvgIpc) is 3.39. The van der Waals surface area contributed by atoms with E-state index in [0.29, 0.717) is 38.9 Å². The number of alkyl halides is 1. The molecule has 4 aromatic rings. The topological polar surface area (TPSA) is 107 Å². The molecule has 2 unspecified atom stereocenters. The Hall–Kier alpha value is -3.43. The van der Waals surface area contributed by atoms with Gasteiger partial charge in [-0.3, -0.25) is 4.21 Å². The number of halogens is 1. The molecule has 1 aliphatic rings. The minimum atomic E-state index is -1.42. The van der Waals surface area contributed by atoms with Crippen LogP contribution >= 0.6 is 0 Å². The molecule has 3 N–H and O–H groups in total. The molecular weight excluding hydrogens is 453 g/mol. The zero-order chi connectivity index (χ0) is 24.0. The van der Waals surface area contributed by atoms with Gasteiger partial charge in [-0.1, -0.05) is 35.5 Å². The molecular formula is C25H24FN5O2S. The fourth-order valence-corrected chi connectivity index (χ4v) is 5.52. The highest BCUT2D eigenvalue weighted by molar-refractivity contribution is 7.86.